The summed E-state index contributed by atoms with van der Waals surface area (Å²) in [5.74, 6) is -0.217. The van der Waals surface area contributed by atoms with Crippen LogP contribution in [0.2, 0.25) is 0 Å². The fourth-order valence-corrected chi connectivity index (χ4v) is 7.95. The normalized spacial score (nSPS) is 13.7. The number of anilines is 6. The molecule has 0 radical (unpaired) electrons. The number of rotatable bonds is 2. The molecule has 2 nitrogen and oxygen atoms in total. The fourth-order valence-electron chi connectivity index (χ4n) is 6.85. The molecule has 0 fully saturated rings. The van der Waals surface area contributed by atoms with E-state index in [2.05, 4.69) is 113 Å². The number of nitrogens with zero attached hydrogens (tertiary/aromatic N) is 2. The summed E-state index contributed by atoms with van der Waals surface area (Å²) in [6.07, 6.45) is 0. The molecule has 3 heterocycles. The van der Waals surface area contributed by atoms with Crippen LogP contribution in [0.5, 0.6) is 0 Å². The minimum Gasteiger partial charge on any atom is -0.311 e. The Labute approximate surface area is 242 Å². The van der Waals surface area contributed by atoms with E-state index in [0.717, 1.165) is 34.0 Å². The largest absolute Gasteiger partial charge is 0.311 e. The first-order chi connectivity index (χ1) is 20.3. The van der Waals surface area contributed by atoms with Crippen LogP contribution in [-0.2, 0) is 0 Å². The Hall–Kier alpha value is -4.74. The summed E-state index contributed by atoms with van der Waals surface area (Å²) in [6.45, 7) is 0.0582. The SMILES string of the molecule is Fc1ccccc1-c1cc2c3c(c1)N1c4ccccc4Sc4cccc(c41)B3c1ccccc1N2c1ccccc1. The van der Waals surface area contributed by atoms with Crippen LogP contribution >= 0.6 is 11.8 Å². The van der Waals surface area contributed by atoms with Crippen LogP contribution in [0.4, 0.5) is 38.5 Å². The molecule has 41 heavy (non-hydrogen) atoms. The van der Waals surface area contributed by atoms with Gasteiger partial charge in [-0.25, -0.2) is 4.39 Å². The van der Waals surface area contributed by atoms with Crippen LogP contribution in [-0.4, -0.2) is 6.71 Å². The monoisotopic (exact) mass is 544 g/mol. The third kappa shape index (κ3) is 3.21. The predicted molar refractivity (Wildman–Crippen MR) is 170 cm³/mol. The van der Waals surface area contributed by atoms with Gasteiger partial charge < -0.3 is 9.80 Å². The van der Waals surface area contributed by atoms with Gasteiger partial charge in [0.15, 0.2) is 0 Å². The van der Waals surface area contributed by atoms with Gasteiger partial charge >= 0.3 is 0 Å². The van der Waals surface area contributed by atoms with E-state index in [1.54, 1.807) is 12.1 Å². The Bertz CT molecular complexity index is 2030. The quantitative estimate of drug-likeness (QED) is 0.204. The molecule has 0 unspecified atom stereocenters. The summed E-state index contributed by atoms with van der Waals surface area (Å²) >= 11 is 1.83. The summed E-state index contributed by atoms with van der Waals surface area (Å²) in [5.41, 5.74) is 12.1. The molecule has 3 aliphatic heterocycles. The highest BCUT2D eigenvalue weighted by Gasteiger charge is 2.45. The van der Waals surface area contributed by atoms with Gasteiger partial charge in [-0.3, -0.25) is 0 Å². The molecule has 0 spiro atoms. The fraction of sp³-hybridized carbons (Fsp3) is 0. The van der Waals surface area contributed by atoms with Crippen molar-refractivity contribution in [2.24, 2.45) is 0 Å². The molecular weight excluding hydrogens is 522 g/mol. The maximum atomic E-state index is 15.4. The van der Waals surface area contributed by atoms with Gasteiger partial charge in [0.25, 0.3) is 6.71 Å². The van der Waals surface area contributed by atoms with Crippen LogP contribution in [0.15, 0.2) is 143 Å². The van der Waals surface area contributed by atoms with Crippen molar-refractivity contribution in [3.63, 3.8) is 0 Å². The first-order valence-corrected chi connectivity index (χ1v) is 14.7. The number of benzene rings is 6. The maximum Gasteiger partial charge on any atom is 0.252 e. The van der Waals surface area contributed by atoms with Gasteiger partial charge in [0.1, 0.15) is 5.82 Å². The Morgan fingerprint density at radius 2 is 1.20 bits per heavy atom. The third-order valence-electron chi connectivity index (χ3n) is 8.49. The second-order valence-electron chi connectivity index (χ2n) is 10.7. The van der Waals surface area contributed by atoms with Gasteiger partial charge in [-0.2, -0.15) is 0 Å². The van der Waals surface area contributed by atoms with Crippen LogP contribution in [0.25, 0.3) is 11.1 Å². The lowest BCUT2D eigenvalue weighted by Crippen LogP contribution is -2.61. The molecule has 0 N–H and O–H groups in total. The Balaban J connectivity index is 1.44. The summed E-state index contributed by atoms with van der Waals surface area (Å²) < 4.78 is 15.4. The highest BCUT2D eigenvalue weighted by molar-refractivity contribution is 7.99. The van der Waals surface area contributed by atoms with E-state index in [9.17, 15) is 0 Å². The van der Waals surface area contributed by atoms with Crippen molar-refractivity contribution in [1.29, 1.82) is 0 Å². The number of para-hydroxylation sites is 4. The summed E-state index contributed by atoms with van der Waals surface area (Å²) in [4.78, 5) is 7.24. The minimum atomic E-state index is -0.217. The molecule has 0 atom stereocenters. The van der Waals surface area contributed by atoms with Gasteiger partial charge in [0.05, 0.1) is 11.4 Å². The van der Waals surface area contributed by atoms with Crippen molar-refractivity contribution < 1.29 is 4.39 Å². The van der Waals surface area contributed by atoms with Gasteiger partial charge in [0.2, 0.25) is 0 Å². The van der Waals surface area contributed by atoms with E-state index in [-0.39, 0.29) is 12.5 Å². The highest BCUT2D eigenvalue weighted by atomic mass is 32.2. The molecule has 0 amide bonds. The van der Waals surface area contributed by atoms with E-state index in [1.165, 1.54) is 31.9 Å². The molecule has 3 aliphatic rings. The van der Waals surface area contributed by atoms with Crippen molar-refractivity contribution in [3.8, 4) is 11.1 Å². The zero-order chi connectivity index (χ0) is 27.1. The minimum absolute atomic E-state index is 0.0582. The van der Waals surface area contributed by atoms with Crippen LogP contribution in [0.1, 0.15) is 0 Å². The highest BCUT2D eigenvalue weighted by Crippen LogP contribution is 2.54. The Kier molecular flexibility index (Phi) is 4.84. The standard InChI is InChI=1S/C36H22BFN2S/c38-28-16-6-4-13-25(28)23-21-31-35-32(22-23)40-30-18-8-9-19-33(30)41-34-20-10-15-27(36(34)40)37(35)26-14-5-7-17-29(26)39(31)24-11-2-1-3-12-24/h1-22H. The van der Waals surface area contributed by atoms with E-state index in [1.807, 2.05) is 30.0 Å². The van der Waals surface area contributed by atoms with Crippen molar-refractivity contribution in [1.82, 2.24) is 0 Å². The number of hydrogen-bond donors (Lipinski definition) is 0. The lowest BCUT2D eigenvalue weighted by molar-refractivity contribution is 0.631. The number of fused-ring (bicyclic) bond motifs is 6. The molecule has 9 rings (SSSR count). The smallest absolute Gasteiger partial charge is 0.252 e. The van der Waals surface area contributed by atoms with Gasteiger partial charge in [-0.05, 0) is 76.5 Å². The van der Waals surface area contributed by atoms with Gasteiger partial charge in [0, 0.05) is 38.1 Å². The van der Waals surface area contributed by atoms with E-state index >= 15 is 4.39 Å². The summed E-state index contributed by atoms with van der Waals surface area (Å²) in [5, 5.41) is 0. The van der Waals surface area contributed by atoms with E-state index < -0.39 is 0 Å². The molecule has 5 heteroatoms. The Morgan fingerprint density at radius 1 is 0.537 bits per heavy atom. The maximum absolute atomic E-state index is 15.4. The van der Waals surface area contributed by atoms with Crippen molar-refractivity contribution in [2.45, 2.75) is 9.79 Å². The molecule has 6 aromatic rings. The average molecular weight is 544 g/mol. The zero-order valence-corrected chi connectivity index (χ0v) is 22.8. The van der Waals surface area contributed by atoms with Gasteiger partial charge in [-0.1, -0.05) is 90.6 Å². The second-order valence-corrected chi connectivity index (χ2v) is 11.8. The van der Waals surface area contributed by atoms with Gasteiger partial charge in [-0.15, -0.1) is 0 Å². The molecule has 0 aliphatic carbocycles. The third-order valence-corrected chi connectivity index (χ3v) is 9.60. The summed E-state index contributed by atoms with van der Waals surface area (Å²) in [6, 6.07) is 46.1. The van der Waals surface area contributed by atoms with E-state index in [4.69, 9.17) is 0 Å². The van der Waals surface area contributed by atoms with Crippen molar-refractivity contribution in [3.05, 3.63) is 139 Å². The molecule has 192 valence electrons. The first-order valence-electron chi connectivity index (χ1n) is 13.8. The molecule has 0 aromatic heterocycles. The Morgan fingerprint density at radius 3 is 2.05 bits per heavy atom. The summed E-state index contributed by atoms with van der Waals surface area (Å²) in [7, 11) is 0. The lowest BCUT2D eigenvalue weighted by Gasteiger charge is -2.46. The zero-order valence-electron chi connectivity index (χ0n) is 22.0. The molecule has 0 bridgehead atoms. The second kappa shape index (κ2) is 8.63. The van der Waals surface area contributed by atoms with Crippen LogP contribution < -0.4 is 26.2 Å². The van der Waals surface area contributed by atoms with Crippen molar-refractivity contribution >= 4 is 69.0 Å². The predicted octanol–water partition coefficient (Wildman–Crippen LogP) is 8.04. The topological polar surface area (TPSA) is 6.48 Å². The van der Waals surface area contributed by atoms with Crippen LogP contribution in [0, 0.1) is 5.82 Å². The molecule has 0 saturated carbocycles. The number of halogens is 1. The molecule has 0 saturated heterocycles. The molecular formula is C36H22BFN2S. The first kappa shape index (κ1) is 23.0. The van der Waals surface area contributed by atoms with Crippen molar-refractivity contribution in [2.75, 3.05) is 9.80 Å². The lowest BCUT2D eigenvalue weighted by atomic mass is 9.33. The van der Waals surface area contributed by atoms with E-state index in [0.29, 0.717) is 5.56 Å². The average Bonchev–Trinajstić information content (AvgIpc) is 3.02. The van der Waals surface area contributed by atoms with Crippen LogP contribution in [0.3, 0.4) is 0 Å². The molecule has 6 aromatic carbocycles. The number of hydrogen-bond acceptors (Lipinski definition) is 3.